The Morgan fingerprint density at radius 2 is 1.64 bits per heavy atom. The van der Waals surface area contributed by atoms with Gasteiger partial charge in [-0.05, 0) is 68.5 Å². The molecule has 42 heavy (non-hydrogen) atoms. The van der Waals surface area contributed by atoms with Gasteiger partial charge in [-0.3, -0.25) is 39.1 Å². The summed E-state index contributed by atoms with van der Waals surface area (Å²) in [6.07, 6.45) is 2.71. The third-order valence-corrected chi connectivity index (χ3v) is 9.23. The van der Waals surface area contributed by atoms with Crippen LogP contribution in [0.2, 0.25) is 0 Å². The van der Waals surface area contributed by atoms with Gasteiger partial charge in [0.05, 0.1) is 23.4 Å². The van der Waals surface area contributed by atoms with Crippen molar-refractivity contribution >= 4 is 56.8 Å². The van der Waals surface area contributed by atoms with Gasteiger partial charge in [0.25, 0.3) is 11.8 Å². The number of nitrogens with one attached hydrogen (secondary N) is 1. The molecule has 4 heterocycles. The van der Waals surface area contributed by atoms with E-state index in [1.165, 1.54) is 6.07 Å². The molecular weight excluding hydrogens is 609 g/mol. The van der Waals surface area contributed by atoms with Crippen LogP contribution in [0.5, 0.6) is 0 Å². The molecule has 2 aromatic rings. The Bertz CT molecular complexity index is 1480. The Morgan fingerprint density at radius 1 is 0.905 bits per heavy atom. The SMILES string of the molecule is O=C1CCC(N2C(=O)c3cc(F)c(N4CCC(CCN5CCN(c6cccc(Br)c6)C(=O)C5)CC4)cc3C2=O)C(=O)N1. The molecule has 1 atom stereocenters. The maximum atomic E-state index is 15.2. The molecule has 220 valence electrons. The topological polar surface area (TPSA) is 110 Å². The van der Waals surface area contributed by atoms with E-state index in [1.807, 2.05) is 34.1 Å². The van der Waals surface area contributed by atoms with Crippen LogP contribution in [0.15, 0.2) is 40.9 Å². The third-order valence-electron chi connectivity index (χ3n) is 8.74. The molecule has 12 heteroatoms. The smallest absolute Gasteiger partial charge is 0.262 e. The first-order valence-electron chi connectivity index (χ1n) is 14.3. The molecule has 0 aliphatic carbocycles. The normalized spacial score (nSPS) is 22.2. The van der Waals surface area contributed by atoms with Crippen LogP contribution in [0, 0.1) is 11.7 Å². The summed E-state index contributed by atoms with van der Waals surface area (Å²) in [7, 11) is 0. The minimum absolute atomic E-state index is 0.0245. The van der Waals surface area contributed by atoms with Gasteiger partial charge in [-0.15, -0.1) is 0 Å². The van der Waals surface area contributed by atoms with Gasteiger partial charge in [0.1, 0.15) is 11.9 Å². The Labute approximate surface area is 250 Å². The summed E-state index contributed by atoms with van der Waals surface area (Å²) in [6.45, 7) is 3.87. The molecular formula is C30H31BrFN5O5. The van der Waals surface area contributed by atoms with Crippen LogP contribution < -0.4 is 15.1 Å². The van der Waals surface area contributed by atoms with Crippen molar-refractivity contribution in [2.45, 2.75) is 38.1 Å². The Morgan fingerprint density at radius 3 is 2.33 bits per heavy atom. The number of piperidine rings is 2. The first-order chi connectivity index (χ1) is 20.2. The Balaban J connectivity index is 1.03. The highest BCUT2D eigenvalue weighted by Gasteiger charge is 2.45. The fourth-order valence-corrected chi connectivity index (χ4v) is 6.77. The summed E-state index contributed by atoms with van der Waals surface area (Å²) < 4.78 is 16.2. The van der Waals surface area contributed by atoms with E-state index in [9.17, 15) is 24.0 Å². The Kier molecular flexibility index (Phi) is 7.84. The van der Waals surface area contributed by atoms with Crippen molar-refractivity contribution in [3.8, 4) is 0 Å². The van der Waals surface area contributed by atoms with Crippen LogP contribution >= 0.6 is 15.9 Å². The van der Waals surface area contributed by atoms with Gasteiger partial charge in [0.15, 0.2) is 0 Å². The lowest BCUT2D eigenvalue weighted by Crippen LogP contribution is -2.54. The molecule has 0 saturated carbocycles. The van der Waals surface area contributed by atoms with E-state index in [1.54, 1.807) is 0 Å². The van der Waals surface area contributed by atoms with E-state index in [2.05, 4.69) is 26.1 Å². The third kappa shape index (κ3) is 5.45. The second-order valence-corrected chi connectivity index (χ2v) is 12.2. The van der Waals surface area contributed by atoms with Crippen LogP contribution in [0.4, 0.5) is 15.8 Å². The molecule has 4 aliphatic rings. The number of imide groups is 2. The summed E-state index contributed by atoms with van der Waals surface area (Å²) >= 11 is 3.47. The highest BCUT2D eigenvalue weighted by Crippen LogP contribution is 2.34. The molecule has 4 aliphatic heterocycles. The standard InChI is InChI=1S/C30H31BrFN5O5/c31-19-2-1-3-20(14-19)36-13-12-34(17-27(36)39)9-6-18-7-10-35(11-8-18)25-16-22-21(15-23(25)32)29(41)37(30(22)42)24-4-5-26(38)33-28(24)40/h1-3,14-16,18,24H,4-13,17H2,(H,33,38,40). The molecule has 1 unspecified atom stereocenters. The second kappa shape index (κ2) is 11.6. The number of amides is 5. The second-order valence-electron chi connectivity index (χ2n) is 11.3. The van der Waals surface area contributed by atoms with E-state index in [0.29, 0.717) is 32.1 Å². The zero-order chi connectivity index (χ0) is 29.5. The molecule has 0 radical (unpaired) electrons. The van der Waals surface area contributed by atoms with Crippen molar-refractivity contribution in [3.05, 3.63) is 57.8 Å². The van der Waals surface area contributed by atoms with Crippen molar-refractivity contribution in [1.82, 2.24) is 15.1 Å². The van der Waals surface area contributed by atoms with Crippen molar-refractivity contribution in [1.29, 1.82) is 0 Å². The van der Waals surface area contributed by atoms with Gasteiger partial charge < -0.3 is 9.80 Å². The zero-order valence-electron chi connectivity index (χ0n) is 23.0. The zero-order valence-corrected chi connectivity index (χ0v) is 24.6. The number of hydrogen-bond acceptors (Lipinski definition) is 7. The molecule has 6 rings (SSSR count). The molecule has 3 saturated heterocycles. The van der Waals surface area contributed by atoms with Crippen molar-refractivity contribution < 1.29 is 28.4 Å². The van der Waals surface area contributed by atoms with Gasteiger partial charge in [-0.25, -0.2) is 4.39 Å². The summed E-state index contributed by atoms with van der Waals surface area (Å²) in [5.74, 6) is -2.56. The maximum absolute atomic E-state index is 15.2. The van der Waals surface area contributed by atoms with Gasteiger partial charge in [-0.2, -0.15) is 0 Å². The number of carbonyl (C=O) groups is 5. The lowest BCUT2D eigenvalue weighted by molar-refractivity contribution is -0.136. The highest BCUT2D eigenvalue weighted by atomic mass is 79.9. The fourth-order valence-electron chi connectivity index (χ4n) is 6.38. The molecule has 1 N–H and O–H groups in total. The fraction of sp³-hybridized carbons (Fsp3) is 0.433. The van der Waals surface area contributed by atoms with Crippen LogP contribution in [-0.2, 0) is 14.4 Å². The number of hydrogen-bond donors (Lipinski definition) is 1. The van der Waals surface area contributed by atoms with E-state index < -0.39 is 35.5 Å². The van der Waals surface area contributed by atoms with E-state index in [4.69, 9.17) is 0 Å². The van der Waals surface area contributed by atoms with Gasteiger partial charge in [0.2, 0.25) is 17.7 Å². The predicted octanol–water partition coefficient (Wildman–Crippen LogP) is 2.94. The van der Waals surface area contributed by atoms with Crippen LogP contribution in [-0.4, -0.2) is 84.6 Å². The molecule has 3 fully saturated rings. The van der Waals surface area contributed by atoms with Gasteiger partial charge in [0, 0.05) is 42.8 Å². The van der Waals surface area contributed by atoms with Crippen LogP contribution in [0.25, 0.3) is 0 Å². The molecule has 5 amide bonds. The number of piperazine rings is 1. The largest absolute Gasteiger partial charge is 0.369 e. The average molecular weight is 641 g/mol. The molecule has 10 nitrogen and oxygen atoms in total. The van der Waals surface area contributed by atoms with Crippen LogP contribution in [0.1, 0.15) is 52.8 Å². The first-order valence-corrected chi connectivity index (χ1v) is 15.1. The maximum Gasteiger partial charge on any atom is 0.262 e. The molecule has 2 aromatic carbocycles. The van der Waals surface area contributed by atoms with Gasteiger partial charge >= 0.3 is 0 Å². The molecule has 0 bridgehead atoms. The summed E-state index contributed by atoms with van der Waals surface area (Å²) in [4.78, 5) is 69.6. The Hall–Kier alpha value is -3.64. The lowest BCUT2D eigenvalue weighted by Gasteiger charge is -2.37. The quantitative estimate of drug-likeness (QED) is 0.484. The minimum atomic E-state index is -1.09. The number of rotatable bonds is 6. The number of benzene rings is 2. The number of carbonyl (C=O) groups excluding carboxylic acids is 5. The van der Waals surface area contributed by atoms with Crippen molar-refractivity contribution in [2.75, 3.05) is 49.1 Å². The van der Waals surface area contributed by atoms with Crippen LogP contribution in [0.3, 0.4) is 0 Å². The monoisotopic (exact) mass is 639 g/mol. The number of fused-ring (bicyclic) bond motifs is 1. The van der Waals surface area contributed by atoms with Gasteiger partial charge in [-0.1, -0.05) is 22.0 Å². The van der Waals surface area contributed by atoms with Crippen molar-refractivity contribution in [2.24, 2.45) is 5.92 Å². The lowest BCUT2D eigenvalue weighted by atomic mass is 9.92. The first kappa shape index (κ1) is 28.5. The van der Waals surface area contributed by atoms with E-state index >= 15 is 4.39 Å². The highest BCUT2D eigenvalue weighted by molar-refractivity contribution is 9.10. The number of nitrogens with zero attached hydrogens (tertiary/aromatic N) is 4. The predicted molar refractivity (Wildman–Crippen MR) is 156 cm³/mol. The van der Waals surface area contributed by atoms with Crippen molar-refractivity contribution in [3.63, 3.8) is 0 Å². The number of halogens is 2. The molecule has 0 aromatic heterocycles. The average Bonchev–Trinajstić information content (AvgIpc) is 3.20. The summed E-state index contributed by atoms with van der Waals surface area (Å²) in [6, 6.07) is 9.18. The van der Waals surface area contributed by atoms with E-state index in [0.717, 1.165) is 53.5 Å². The summed E-state index contributed by atoms with van der Waals surface area (Å²) in [5.41, 5.74) is 1.19. The number of anilines is 2. The molecule has 0 spiro atoms. The minimum Gasteiger partial charge on any atom is -0.369 e. The summed E-state index contributed by atoms with van der Waals surface area (Å²) in [5, 5.41) is 2.17. The van der Waals surface area contributed by atoms with E-state index in [-0.39, 0.29) is 35.6 Å².